The molecule has 3 fully saturated rings. The number of carbonyl (C=O) groups is 2. The van der Waals surface area contributed by atoms with Crippen LogP contribution in [0.15, 0.2) is 11.1 Å². The predicted molar refractivity (Wildman–Crippen MR) is 58.6 cm³/mol. The van der Waals surface area contributed by atoms with Gasteiger partial charge in [-0.1, -0.05) is 6.42 Å². The Labute approximate surface area is 94.7 Å². The first-order valence-corrected chi connectivity index (χ1v) is 6.06. The van der Waals surface area contributed by atoms with Crippen LogP contribution in [0.1, 0.15) is 32.1 Å². The van der Waals surface area contributed by atoms with Gasteiger partial charge in [-0.05, 0) is 31.4 Å². The fourth-order valence-electron chi connectivity index (χ4n) is 3.18. The first-order chi connectivity index (χ1) is 7.75. The molecule has 0 bridgehead atoms. The first-order valence-electron chi connectivity index (χ1n) is 6.06. The molecule has 1 N–H and O–H groups in total. The number of nitrogens with zero attached hydrogens (tertiary/aromatic N) is 1. The zero-order valence-electron chi connectivity index (χ0n) is 9.29. The van der Waals surface area contributed by atoms with E-state index in [4.69, 9.17) is 0 Å². The number of amides is 2. The van der Waals surface area contributed by atoms with E-state index in [9.17, 15) is 9.59 Å². The van der Waals surface area contributed by atoms with Gasteiger partial charge in [0, 0.05) is 18.2 Å². The molecule has 2 amide bonds. The number of hydrogen-bond donors (Lipinski definition) is 1. The molecule has 0 aliphatic carbocycles. The van der Waals surface area contributed by atoms with Crippen molar-refractivity contribution in [2.75, 3.05) is 13.1 Å². The lowest BCUT2D eigenvalue weighted by Gasteiger charge is -2.30. The number of carbonyl (C=O) groups excluding carboxylic acids is 2. The van der Waals surface area contributed by atoms with Crippen LogP contribution in [-0.4, -0.2) is 35.8 Å². The van der Waals surface area contributed by atoms with Gasteiger partial charge in [0.2, 0.25) is 5.91 Å². The minimum absolute atomic E-state index is 0.137. The quantitative estimate of drug-likeness (QED) is 0.480. The van der Waals surface area contributed by atoms with Crippen LogP contribution in [0.4, 0.5) is 0 Å². The highest BCUT2D eigenvalue weighted by Gasteiger charge is 2.37. The number of piperidine rings is 1. The molecule has 0 aromatic carbocycles. The number of rotatable bonds is 0. The van der Waals surface area contributed by atoms with Crippen LogP contribution in [0.3, 0.4) is 0 Å². The smallest absolute Gasteiger partial charge is 0.254 e. The van der Waals surface area contributed by atoms with E-state index in [1.54, 1.807) is 0 Å². The fraction of sp³-hybridized carbons (Fsp3) is 0.667. The van der Waals surface area contributed by atoms with E-state index in [0.29, 0.717) is 12.5 Å². The fourth-order valence-corrected chi connectivity index (χ4v) is 3.18. The molecular weight excluding hydrogens is 204 g/mol. The Balaban J connectivity index is 1.92. The molecule has 4 nitrogen and oxygen atoms in total. The van der Waals surface area contributed by atoms with Crippen molar-refractivity contribution in [3.05, 3.63) is 11.1 Å². The lowest BCUT2D eigenvalue weighted by atomic mass is 9.94. The van der Waals surface area contributed by atoms with E-state index in [-0.39, 0.29) is 11.8 Å². The van der Waals surface area contributed by atoms with Crippen molar-refractivity contribution >= 4 is 11.8 Å². The summed E-state index contributed by atoms with van der Waals surface area (Å²) in [5.74, 6) is -0.283. The van der Waals surface area contributed by atoms with Crippen molar-refractivity contribution in [1.82, 2.24) is 10.2 Å². The zero-order valence-corrected chi connectivity index (χ0v) is 9.29. The van der Waals surface area contributed by atoms with E-state index >= 15 is 0 Å². The number of fused-ring (bicyclic) bond motifs is 1. The summed E-state index contributed by atoms with van der Waals surface area (Å²) in [6.07, 6.45) is 4.94. The van der Waals surface area contributed by atoms with E-state index in [1.165, 1.54) is 18.4 Å². The van der Waals surface area contributed by atoms with Gasteiger partial charge in [-0.15, -0.1) is 0 Å². The van der Waals surface area contributed by atoms with Crippen LogP contribution in [-0.2, 0) is 9.59 Å². The third-order valence-electron chi connectivity index (χ3n) is 3.94. The predicted octanol–water partition coefficient (Wildman–Crippen LogP) is 0.588. The monoisotopic (exact) mass is 220 g/mol. The Bertz CT molecular complexity index is 386. The van der Waals surface area contributed by atoms with Crippen LogP contribution >= 0.6 is 0 Å². The molecule has 4 heteroatoms. The topological polar surface area (TPSA) is 49.4 Å². The summed E-state index contributed by atoms with van der Waals surface area (Å²) in [6, 6.07) is 0.445. The molecule has 3 aliphatic heterocycles. The largest absolute Gasteiger partial charge is 0.296 e. The Morgan fingerprint density at radius 1 is 1.19 bits per heavy atom. The summed E-state index contributed by atoms with van der Waals surface area (Å²) in [4.78, 5) is 25.3. The summed E-state index contributed by atoms with van der Waals surface area (Å²) in [7, 11) is 0. The average Bonchev–Trinajstić information content (AvgIpc) is 2.81. The average molecular weight is 220 g/mol. The SMILES string of the molecule is O=C1CC(=C2CCN3CCCCC23)C(=O)N1. The van der Waals surface area contributed by atoms with Gasteiger partial charge in [-0.3, -0.25) is 19.8 Å². The molecule has 0 radical (unpaired) electrons. The van der Waals surface area contributed by atoms with Crippen LogP contribution in [0.2, 0.25) is 0 Å². The Morgan fingerprint density at radius 3 is 2.81 bits per heavy atom. The van der Waals surface area contributed by atoms with Gasteiger partial charge in [0.15, 0.2) is 0 Å². The molecule has 1 unspecified atom stereocenters. The molecule has 1 atom stereocenters. The van der Waals surface area contributed by atoms with Gasteiger partial charge in [-0.2, -0.15) is 0 Å². The maximum atomic E-state index is 11.6. The van der Waals surface area contributed by atoms with Crippen LogP contribution in [0, 0.1) is 0 Å². The van der Waals surface area contributed by atoms with Crippen molar-refractivity contribution in [2.45, 2.75) is 38.1 Å². The van der Waals surface area contributed by atoms with E-state index < -0.39 is 0 Å². The highest BCUT2D eigenvalue weighted by Crippen LogP contribution is 2.34. The van der Waals surface area contributed by atoms with Crippen molar-refractivity contribution < 1.29 is 9.59 Å². The van der Waals surface area contributed by atoms with Gasteiger partial charge in [0.25, 0.3) is 5.91 Å². The number of hydrogen-bond acceptors (Lipinski definition) is 3. The van der Waals surface area contributed by atoms with Gasteiger partial charge >= 0.3 is 0 Å². The highest BCUT2D eigenvalue weighted by atomic mass is 16.2. The van der Waals surface area contributed by atoms with Gasteiger partial charge in [-0.25, -0.2) is 0 Å². The second-order valence-corrected chi connectivity index (χ2v) is 4.86. The third-order valence-corrected chi connectivity index (χ3v) is 3.94. The van der Waals surface area contributed by atoms with Crippen LogP contribution in [0.5, 0.6) is 0 Å². The van der Waals surface area contributed by atoms with Gasteiger partial charge in [0.1, 0.15) is 0 Å². The maximum Gasteiger partial charge on any atom is 0.254 e. The normalized spacial score (nSPS) is 35.4. The summed E-state index contributed by atoms with van der Waals surface area (Å²) in [6.45, 7) is 2.21. The minimum atomic E-state index is -0.146. The summed E-state index contributed by atoms with van der Waals surface area (Å²) < 4.78 is 0. The van der Waals surface area contributed by atoms with E-state index in [1.807, 2.05) is 0 Å². The van der Waals surface area contributed by atoms with E-state index in [2.05, 4.69) is 10.2 Å². The molecule has 0 aromatic heterocycles. The summed E-state index contributed by atoms with van der Waals surface area (Å²) >= 11 is 0. The molecule has 3 heterocycles. The molecule has 16 heavy (non-hydrogen) atoms. The Morgan fingerprint density at radius 2 is 2.06 bits per heavy atom. The minimum Gasteiger partial charge on any atom is -0.296 e. The molecule has 3 saturated heterocycles. The third kappa shape index (κ3) is 1.48. The van der Waals surface area contributed by atoms with Gasteiger partial charge < -0.3 is 0 Å². The summed E-state index contributed by atoms with van der Waals surface area (Å²) in [5.41, 5.74) is 2.00. The molecular formula is C12H16N2O2. The van der Waals surface area contributed by atoms with Crippen molar-refractivity contribution in [3.63, 3.8) is 0 Å². The van der Waals surface area contributed by atoms with Crippen LogP contribution in [0.25, 0.3) is 0 Å². The molecule has 0 saturated carbocycles. The molecule has 3 aliphatic rings. The second kappa shape index (κ2) is 3.70. The lowest BCUT2D eigenvalue weighted by Crippen LogP contribution is -2.35. The zero-order chi connectivity index (χ0) is 11.1. The molecule has 0 aromatic rings. The first kappa shape index (κ1) is 10.0. The van der Waals surface area contributed by atoms with Crippen molar-refractivity contribution in [1.29, 1.82) is 0 Å². The lowest BCUT2D eigenvalue weighted by molar-refractivity contribution is -0.124. The van der Waals surface area contributed by atoms with E-state index in [0.717, 1.165) is 31.5 Å². The second-order valence-electron chi connectivity index (χ2n) is 4.86. The van der Waals surface area contributed by atoms with Crippen molar-refractivity contribution in [2.24, 2.45) is 0 Å². The molecule has 86 valence electrons. The Kier molecular flexibility index (Phi) is 2.32. The Hall–Kier alpha value is -1.16. The number of imide groups is 1. The molecule has 0 spiro atoms. The van der Waals surface area contributed by atoms with Gasteiger partial charge in [0.05, 0.1) is 6.42 Å². The maximum absolute atomic E-state index is 11.6. The number of nitrogens with one attached hydrogen (secondary N) is 1. The van der Waals surface area contributed by atoms with Crippen molar-refractivity contribution in [3.8, 4) is 0 Å². The van der Waals surface area contributed by atoms with Crippen LogP contribution < -0.4 is 5.32 Å². The summed E-state index contributed by atoms with van der Waals surface area (Å²) in [5, 5.41) is 2.39. The standard InChI is InChI=1S/C12H16N2O2/c15-11-7-9(12(16)13-11)8-4-6-14-5-2-1-3-10(8)14/h10H,1-7H2,(H,13,15,16). The molecule has 3 rings (SSSR count). The highest BCUT2D eigenvalue weighted by molar-refractivity contribution is 6.13.